The molecule has 0 spiro atoms. The van der Waals surface area contributed by atoms with E-state index < -0.39 is 5.97 Å². The summed E-state index contributed by atoms with van der Waals surface area (Å²) in [4.78, 5) is 13.3. The van der Waals surface area contributed by atoms with Gasteiger partial charge >= 0.3 is 5.97 Å². The SMILES string of the molecule is Cc1cc(C(=O)O)ccc1NCCN1CCCC1. The van der Waals surface area contributed by atoms with Gasteiger partial charge in [0.2, 0.25) is 0 Å². The Hall–Kier alpha value is -1.55. The Morgan fingerprint density at radius 2 is 2.11 bits per heavy atom. The predicted octanol–water partition coefficient (Wildman–Crippen LogP) is 2.20. The number of rotatable bonds is 5. The van der Waals surface area contributed by atoms with Crippen molar-refractivity contribution in [2.45, 2.75) is 19.8 Å². The third-order valence-electron chi connectivity index (χ3n) is 3.42. The van der Waals surface area contributed by atoms with E-state index >= 15 is 0 Å². The van der Waals surface area contributed by atoms with Gasteiger partial charge in [-0.1, -0.05) is 0 Å². The van der Waals surface area contributed by atoms with Crippen molar-refractivity contribution in [1.82, 2.24) is 4.90 Å². The molecule has 1 heterocycles. The van der Waals surface area contributed by atoms with Gasteiger partial charge < -0.3 is 15.3 Å². The molecule has 18 heavy (non-hydrogen) atoms. The van der Waals surface area contributed by atoms with E-state index in [1.165, 1.54) is 25.9 Å². The van der Waals surface area contributed by atoms with Crippen LogP contribution < -0.4 is 5.32 Å². The van der Waals surface area contributed by atoms with Gasteiger partial charge in [0.25, 0.3) is 0 Å². The van der Waals surface area contributed by atoms with Crippen molar-refractivity contribution in [3.8, 4) is 0 Å². The summed E-state index contributed by atoms with van der Waals surface area (Å²) in [6, 6.07) is 5.21. The Bertz CT molecular complexity index is 426. The first kappa shape index (κ1) is 12.9. The Kier molecular flexibility index (Phi) is 4.20. The smallest absolute Gasteiger partial charge is 0.335 e. The number of aryl methyl sites for hydroxylation is 1. The summed E-state index contributed by atoms with van der Waals surface area (Å²) >= 11 is 0. The summed E-state index contributed by atoms with van der Waals surface area (Å²) in [6.07, 6.45) is 2.62. The molecule has 1 aromatic carbocycles. The minimum absolute atomic E-state index is 0.345. The zero-order valence-corrected chi connectivity index (χ0v) is 10.8. The number of carbonyl (C=O) groups is 1. The molecule has 0 bridgehead atoms. The van der Waals surface area contributed by atoms with Crippen LogP contribution in [0, 0.1) is 6.92 Å². The van der Waals surface area contributed by atoms with Crippen molar-refractivity contribution in [3.05, 3.63) is 29.3 Å². The maximum atomic E-state index is 10.8. The lowest BCUT2D eigenvalue weighted by Gasteiger charge is -2.16. The number of nitrogens with one attached hydrogen (secondary N) is 1. The third-order valence-corrected chi connectivity index (χ3v) is 3.42. The van der Waals surface area contributed by atoms with E-state index in [0.717, 1.165) is 24.3 Å². The van der Waals surface area contributed by atoms with Crippen molar-refractivity contribution < 1.29 is 9.90 Å². The van der Waals surface area contributed by atoms with Gasteiger partial charge in [-0.3, -0.25) is 0 Å². The number of nitrogens with zero attached hydrogens (tertiary/aromatic N) is 1. The molecule has 0 amide bonds. The number of likely N-dealkylation sites (tertiary alicyclic amines) is 1. The van der Waals surface area contributed by atoms with Crippen LogP contribution in [-0.2, 0) is 0 Å². The first-order valence-electron chi connectivity index (χ1n) is 6.47. The number of benzene rings is 1. The summed E-state index contributed by atoms with van der Waals surface area (Å²) < 4.78 is 0. The highest BCUT2D eigenvalue weighted by atomic mass is 16.4. The van der Waals surface area contributed by atoms with Crippen molar-refractivity contribution in [2.24, 2.45) is 0 Å². The van der Waals surface area contributed by atoms with E-state index in [9.17, 15) is 4.79 Å². The quantitative estimate of drug-likeness (QED) is 0.838. The molecule has 4 heteroatoms. The highest BCUT2D eigenvalue weighted by Crippen LogP contribution is 2.16. The molecule has 2 N–H and O–H groups in total. The number of carboxylic acid groups (broad SMARTS) is 1. The largest absolute Gasteiger partial charge is 0.478 e. The molecule has 4 nitrogen and oxygen atoms in total. The molecule has 1 saturated heterocycles. The van der Waals surface area contributed by atoms with Crippen LogP contribution in [0.5, 0.6) is 0 Å². The van der Waals surface area contributed by atoms with E-state index in [2.05, 4.69) is 10.2 Å². The van der Waals surface area contributed by atoms with E-state index in [1.54, 1.807) is 12.1 Å². The number of hydrogen-bond donors (Lipinski definition) is 2. The molecule has 1 fully saturated rings. The van der Waals surface area contributed by atoms with Crippen molar-refractivity contribution >= 4 is 11.7 Å². The predicted molar refractivity (Wildman–Crippen MR) is 72.3 cm³/mol. The second kappa shape index (κ2) is 5.87. The standard InChI is InChI=1S/C14H20N2O2/c1-11-10-12(14(17)18)4-5-13(11)15-6-9-16-7-2-3-8-16/h4-5,10,15H,2-3,6-9H2,1H3,(H,17,18). The van der Waals surface area contributed by atoms with Crippen molar-refractivity contribution in [3.63, 3.8) is 0 Å². The molecule has 0 saturated carbocycles. The average molecular weight is 248 g/mol. The van der Waals surface area contributed by atoms with Crippen LogP contribution in [0.4, 0.5) is 5.69 Å². The first-order valence-corrected chi connectivity index (χ1v) is 6.47. The molecule has 0 aliphatic carbocycles. The number of aromatic carboxylic acids is 1. The molecule has 1 aliphatic heterocycles. The molecule has 0 radical (unpaired) electrons. The van der Waals surface area contributed by atoms with E-state index in [-0.39, 0.29) is 0 Å². The van der Waals surface area contributed by atoms with Crippen LogP contribution in [0.25, 0.3) is 0 Å². The maximum absolute atomic E-state index is 10.8. The van der Waals surface area contributed by atoms with Crippen LogP contribution in [0.1, 0.15) is 28.8 Å². The zero-order chi connectivity index (χ0) is 13.0. The fourth-order valence-corrected chi connectivity index (χ4v) is 2.35. The van der Waals surface area contributed by atoms with Gasteiger partial charge in [0, 0.05) is 18.8 Å². The summed E-state index contributed by atoms with van der Waals surface area (Å²) in [6.45, 7) is 6.31. The monoisotopic (exact) mass is 248 g/mol. The van der Waals surface area contributed by atoms with Crippen molar-refractivity contribution in [1.29, 1.82) is 0 Å². The Labute approximate surface area is 108 Å². The molecule has 1 aliphatic rings. The molecular weight excluding hydrogens is 228 g/mol. The average Bonchev–Trinajstić information content (AvgIpc) is 2.84. The zero-order valence-electron chi connectivity index (χ0n) is 10.8. The van der Waals surface area contributed by atoms with E-state index in [4.69, 9.17) is 5.11 Å². The summed E-state index contributed by atoms with van der Waals surface area (Å²) in [5.41, 5.74) is 2.35. The number of anilines is 1. The van der Waals surface area contributed by atoms with Crippen LogP contribution in [0.15, 0.2) is 18.2 Å². The number of carboxylic acids is 1. The van der Waals surface area contributed by atoms with Crippen molar-refractivity contribution in [2.75, 3.05) is 31.5 Å². The lowest BCUT2D eigenvalue weighted by Crippen LogP contribution is -2.26. The van der Waals surface area contributed by atoms with Crippen LogP contribution in [0.3, 0.4) is 0 Å². The minimum atomic E-state index is -0.873. The highest BCUT2D eigenvalue weighted by molar-refractivity contribution is 5.88. The second-order valence-corrected chi connectivity index (χ2v) is 4.81. The van der Waals surface area contributed by atoms with Gasteiger partial charge in [-0.15, -0.1) is 0 Å². The Balaban J connectivity index is 1.87. The van der Waals surface area contributed by atoms with Crippen LogP contribution >= 0.6 is 0 Å². The second-order valence-electron chi connectivity index (χ2n) is 4.81. The topological polar surface area (TPSA) is 52.6 Å². The molecule has 1 aromatic rings. The first-order chi connectivity index (χ1) is 8.66. The van der Waals surface area contributed by atoms with Gasteiger partial charge in [0.1, 0.15) is 0 Å². The van der Waals surface area contributed by atoms with E-state index in [0.29, 0.717) is 5.56 Å². The molecular formula is C14H20N2O2. The molecule has 98 valence electrons. The minimum Gasteiger partial charge on any atom is -0.478 e. The van der Waals surface area contributed by atoms with Gasteiger partial charge in [-0.05, 0) is 56.6 Å². The van der Waals surface area contributed by atoms with Gasteiger partial charge in [0.15, 0.2) is 0 Å². The molecule has 0 unspecified atom stereocenters. The molecule has 0 atom stereocenters. The lowest BCUT2D eigenvalue weighted by molar-refractivity contribution is 0.0697. The van der Waals surface area contributed by atoms with Gasteiger partial charge in [0.05, 0.1) is 5.56 Å². The fraction of sp³-hybridized carbons (Fsp3) is 0.500. The van der Waals surface area contributed by atoms with E-state index in [1.807, 2.05) is 13.0 Å². The van der Waals surface area contributed by atoms with Crippen LogP contribution in [-0.4, -0.2) is 42.2 Å². The van der Waals surface area contributed by atoms with Gasteiger partial charge in [-0.25, -0.2) is 4.79 Å². The van der Waals surface area contributed by atoms with Gasteiger partial charge in [-0.2, -0.15) is 0 Å². The third kappa shape index (κ3) is 3.23. The fourth-order valence-electron chi connectivity index (χ4n) is 2.35. The van der Waals surface area contributed by atoms with Crippen LogP contribution in [0.2, 0.25) is 0 Å². The Morgan fingerprint density at radius 3 is 2.72 bits per heavy atom. The summed E-state index contributed by atoms with van der Waals surface area (Å²) in [5.74, 6) is -0.873. The summed E-state index contributed by atoms with van der Waals surface area (Å²) in [5, 5.41) is 12.3. The highest BCUT2D eigenvalue weighted by Gasteiger charge is 2.10. The lowest BCUT2D eigenvalue weighted by atomic mass is 10.1. The Morgan fingerprint density at radius 1 is 1.39 bits per heavy atom. The summed E-state index contributed by atoms with van der Waals surface area (Å²) in [7, 11) is 0. The maximum Gasteiger partial charge on any atom is 0.335 e. The normalized spacial score (nSPS) is 15.8. The molecule has 0 aromatic heterocycles. The number of hydrogen-bond acceptors (Lipinski definition) is 3. The molecule has 2 rings (SSSR count).